The predicted molar refractivity (Wildman–Crippen MR) is 79.5 cm³/mol. The lowest BCUT2D eigenvalue weighted by molar-refractivity contribution is 0.305. The van der Waals surface area contributed by atoms with Crippen LogP contribution < -0.4 is 4.74 Å². The minimum Gasteiger partial charge on any atom is -0.489 e. The summed E-state index contributed by atoms with van der Waals surface area (Å²) in [5, 5.41) is 1.49. The first-order valence-corrected chi connectivity index (χ1v) is 6.81. The SMILES string of the molecule is Cc1cc(OCc2ccc(Cl)nc2Cl)cc(C)c1Cl. The molecule has 0 radical (unpaired) electrons. The molecule has 1 heterocycles. The van der Waals surface area contributed by atoms with Gasteiger partial charge in [0.2, 0.25) is 0 Å². The van der Waals surface area contributed by atoms with E-state index in [1.165, 1.54) is 0 Å². The Balaban J connectivity index is 2.14. The summed E-state index contributed by atoms with van der Waals surface area (Å²) in [5.41, 5.74) is 2.75. The molecule has 0 aliphatic carbocycles. The van der Waals surface area contributed by atoms with E-state index in [-0.39, 0.29) is 0 Å². The Morgan fingerprint density at radius 1 is 1.05 bits per heavy atom. The zero-order valence-corrected chi connectivity index (χ0v) is 12.8. The van der Waals surface area contributed by atoms with Crippen LogP contribution in [0.1, 0.15) is 16.7 Å². The number of aromatic nitrogens is 1. The van der Waals surface area contributed by atoms with Gasteiger partial charge in [0.05, 0.1) is 0 Å². The fourth-order valence-electron chi connectivity index (χ4n) is 1.70. The van der Waals surface area contributed by atoms with Crippen molar-refractivity contribution in [2.24, 2.45) is 0 Å². The van der Waals surface area contributed by atoms with Crippen LogP contribution in [0.4, 0.5) is 0 Å². The molecule has 0 saturated carbocycles. The lowest BCUT2D eigenvalue weighted by Crippen LogP contribution is -1.98. The zero-order chi connectivity index (χ0) is 14.0. The molecule has 0 bridgehead atoms. The van der Waals surface area contributed by atoms with Gasteiger partial charge in [-0.1, -0.05) is 34.8 Å². The van der Waals surface area contributed by atoms with Crippen LogP contribution in [-0.2, 0) is 6.61 Å². The Kier molecular flexibility index (Phi) is 4.56. The van der Waals surface area contributed by atoms with Crippen LogP contribution in [0.3, 0.4) is 0 Å². The number of hydrogen-bond acceptors (Lipinski definition) is 2. The summed E-state index contributed by atoms with van der Waals surface area (Å²) in [7, 11) is 0. The maximum atomic E-state index is 6.11. The van der Waals surface area contributed by atoms with Crippen molar-refractivity contribution in [2.75, 3.05) is 0 Å². The molecule has 0 unspecified atom stereocenters. The molecule has 0 N–H and O–H groups in total. The Morgan fingerprint density at radius 2 is 1.68 bits per heavy atom. The summed E-state index contributed by atoms with van der Waals surface area (Å²) < 4.78 is 5.70. The summed E-state index contributed by atoms with van der Waals surface area (Å²) in [5.74, 6) is 0.755. The second-order valence-electron chi connectivity index (χ2n) is 4.24. The van der Waals surface area contributed by atoms with Crippen LogP contribution in [0, 0.1) is 13.8 Å². The fourth-order valence-corrected chi connectivity index (χ4v) is 2.21. The van der Waals surface area contributed by atoms with Crippen molar-refractivity contribution in [3.8, 4) is 5.75 Å². The van der Waals surface area contributed by atoms with Crippen LogP contribution in [0.2, 0.25) is 15.3 Å². The van der Waals surface area contributed by atoms with Crippen molar-refractivity contribution < 1.29 is 4.74 Å². The van der Waals surface area contributed by atoms with Gasteiger partial charge in [0.25, 0.3) is 0 Å². The van der Waals surface area contributed by atoms with Crippen LogP contribution in [0.15, 0.2) is 24.3 Å². The molecule has 2 nitrogen and oxygen atoms in total. The molecule has 1 aromatic carbocycles. The molecular formula is C14H12Cl3NO. The quantitative estimate of drug-likeness (QED) is 0.723. The summed E-state index contributed by atoms with van der Waals surface area (Å²) in [6.45, 7) is 4.22. The molecule has 2 aromatic rings. The molecule has 2 rings (SSSR count). The lowest BCUT2D eigenvalue weighted by Gasteiger charge is -2.10. The van der Waals surface area contributed by atoms with E-state index in [1.807, 2.05) is 26.0 Å². The Hall–Kier alpha value is -0.960. The Morgan fingerprint density at radius 3 is 2.26 bits per heavy atom. The monoisotopic (exact) mass is 315 g/mol. The molecule has 0 amide bonds. The van der Waals surface area contributed by atoms with Crippen molar-refractivity contribution in [1.82, 2.24) is 4.98 Å². The van der Waals surface area contributed by atoms with Gasteiger partial charge in [0.1, 0.15) is 22.7 Å². The fraction of sp³-hybridized carbons (Fsp3) is 0.214. The van der Waals surface area contributed by atoms with E-state index in [2.05, 4.69) is 4.98 Å². The number of rotatable bonds is 3. The first kappa shape index (κ1) is 14.4. The molecule has 1 aromatic heterocycles. The van der Waals surface area contributed by atoms with Crippen LogP contribution >= 0.6 is 34.8 Å². The van der Waals surface area contributed by atoms with Gasteiger partial charge in [0, 0.05) is 10.6 Å². The highest BCUT2D eigenvalue weighted by Gasteiger charge is 2.06. The predicted octanol–water partition coefficient (Wildman–Crippen LogP) is 5.24. The average molecular weight is 317 g/mol. The first-order chi connectivity index (χ1) is 8.97. The van der Waals surface area contributed by atoms with Gasteiger partial charge < -0.3 is 4.74 Å². The Labute approximate surface area is 127 Å². The minimum atomic E-state index is 0.337. The first-order valence-electron chi connectivity index (χ1n) is 5.68. The maximum absolute atomic E-state index is 6.11. The van der Waals surface area contributed by atoms with Crippen LogP contribution in [-0.4, -0.2) is 4.98 Å². The largest absolute Gasteiger partial charge is 0.489 e. The third-order valence-electron chi connectivity index (χ3n) is 2.70. The maximum Gasteiger partial charge on any atom is 0.137 e. The highest BCUT2D eigenvalue weighted by molar-refractivity contribution is 6.33. The molecule has 0 fully saturated rings. The average Bonchev–Trinajstić information content (AvgIpc) is 2.34. The van der Waals surface area contributed by atoms with Gasteiger partial charge in [-0.15, -0.1) is 0 Å². The number of hydrogen-bond donors (Lipinski definition) is 0. The number of nitrogens with zero attached hydrogens (tertiary/aromatic N) is 1. The van der Waals surface area contributed by atoms with Gasteiger partial charge >= 0.3 is 0 Å². The summed E-state index contributed by atoms with van der Waals surface area (Å²) in [6, 6.07) is 7.27. The minimum absolute atomic E-state index is 0.337. The van der Waals surface area contributed by atoms with E-state index in [9.17, 15) is 0 Å². The summed E-state index contributed by atoms with van der Waals surface area (Å²) in [6.07, 6.45) is 0. The molecule has 0 aliphatic heterocycles. The van der Waals surface area contributed by atoms with Crippen LogP contribution in [0.25, 0.3) is 0 Å². The lowest BCUT2D eigenvalue weighted by atomic mass is 10.1. The third-order valence-corrected chi connectivity index (χ3v) is 3.83. The van der Waals surface area contributed by atoms with E-state index < -0.39 is 0 Å². The molecule has 0 atom stereocenters. The van der Waals surface area contributed by atoms with Crippen molar-refractivity contribution in [3.63, 3.8) is 0 Å². The van der Waals surface area contributed by atoms with Crippen molar-refractivity contribution in [3.05, 3.63) is 56.3 Å². The number of halogens is 3. The number of pyridine rings is 1. The molecule has 0 aliphatic rings. The highest BCUT2D eigenvalue weighted by atomic mass is 35.5. The molecule has 0 saturated heterocycles. The van der Waals surface area contributed by atoms with E-state index in [0.29, 0.717) is 16.9 Å². The standard InChI is InChI=1S/C14H12Cl3NO/c1-8-5-11(6-9(2)13(8)16)19-7-10-3-4-12(15)18-14(10)17/h3-6H,7H2,1-2H3. The molecular weight excluding hydrogens is 305 g/mol. The van der Waals surface area contributed by atoms with Crippen molar-refractivity contribution in [2.45, 2.75) is 20.5 Å². The van der Waals surface area contributed by atoms with Gasteiger partial charge in [-0.05, 0) is 49.2 Å². The van der Waals surface area contributed by atoms with E-state index in [1.54, 1.807) is 12.1 Å². The Bertz CT molecular complexity index is 591. The second kappa shape index (κ2) is 6.00. The number of ether oxygens (including phenoxy) is 1. The van der Waals surface area contributed by atoms with E-state index in [0.717, 1.165) is 27.5 Å². The van der Waals surface area contributed by atoms with Gasteiger partial charge in [-0.2, -0.15) is 0 Å². The molecule has 0 spiro atoms. The summed E-state index contributed by atoms with van der Waals surface area (Å²) >= 11 is 17.8. The number of benzene rings is 1. The van der Waals surface area contributed by atoms with E-state index in [4.69, 9.17) is 39.5 Å². The van der Waals surface area contributed by atoms with Crippen molar-refractivity contribution in [1.29, 1.82) is 0 Å². The summed E-state index contributed by atoms with van der Waals surface area (Å²) in [4.78, 5) is 3.96. The molecule has 5 heteroatoms. The van der Waals surface area contributed by atoms with Gasteiger partial charge in [0.15, 0.2) is 0 Å². The van der Waals surface area contributed by atoms with Crippen molar-refractivity contribution >= 4 is 34.8 Å². The second-order valence-corrected chi connectivity index (χ2v) is 5.37. The van der Waals surface area contributed by atoms with Crippen LogP contribution in [0.5, 0.6) is 5.75 Å². The zero-order valence-electron chi connectivity index (χ0n) is 10.5. The molecule has 100 valence electrons. The topological polar surface area (TPSA) is 22.1 Å². The normalized spacial score (nSPS) is 10.6. The highest BCUT2D eigenvalue weighted by Crippen LogP contribution is 2.27. The smallest absolute Gasteiger partial charge is 0.137 e. The van der Waals surface area contributed by atoms with Gasteiger partial charge in [-0.25, -0.2) is 4.98 Å². The molecule has 19 heavy (non-hydrogen) atoms. The van der Waals surface area contributed by atoms with Gasteiger partial charge in [-0.3, -0.25) is 0 Å². The third kappa shape index (κ3) is 3.53. The van der Waals surface area contributed by atoms with E-state index >= 15 is 0 Å². The number of aryl methyl sites for hydroxylation is 2.